The molecule has 2 N–H and O–H groups in total. The van der Waals surface area contributed by atoms with Crippen LogP contribution < -0.4 is 10.6 Å². The molecule has 0 unspecified atom stereocenters. The van der Waals surface area contributed by atoms with Crippen molar-refractivity contribution in [3.8, 4) is 0 Å². The maximum atomic E-state index is 12.5. The number of amides is 2. The van der Waals surface area contributed by atoms with Crippen LogP contribution in [-0.2, 0) is 9.47 Å². The molecule has 9 nitrogen and oxygen atoms in total. The summed E-state index contributed by atoms with van der Waals surface area (Å²) >= 11 is 0. The fourth-order valence-corrected chi connectivity index (χ4v) is 2.69. The number of aromatic nitrogens is 1. The van der Waals surface area contributed by atoms with Crippen LogP contribution in [0.1, 0.15) is 41.7 Å². The topological polar surface area (TPSA) is 124 Å². The number of hydrogen-bond acceptors (Lipinski definition) is 7. The standard InChI is InChI=1S/C23H19N3O6/c1-31-22(29)14-6-10-16(11-7-14)24-20(27)18-4-3-5-19(26-18)21(28)25-17-12-8-15(9-13-17)23(30)32-2/h3-13H,1-2H3,(H,24,27)(H,25,28). The average Bonchev–Trinajstić information content (AvgIpc) is 2.84. The zero-order valence-corrected chi connectivity index (χ0v) is 17.2. The number of anilines is 2. The van der Waals surface area contributed by atoms with Crippen LogP contribution in [0.25, 0.3) is 0 Å². The maximum Gasteiger partial charge on any atom is 0.337 e. The number of carbonyl (C=O) groups is 4. The number of carbonyl (C=O) groups excluding carboxylic acids is 4. The molecule has 0 atom stereocenters. The van der Waals surface area contributed by atoms with Gasteiger partial charge in [-0.05, 0) is 60.7 Å². The summed E-state index contributed by atoms with van der Waals surface area (Å²) in [5.74, 6) is -2.01. The smallest absolute Gasteiger partial charge is 0.337 e. The summed E-state index contributed by atoms with van der Waals surface area (Å²) in [6.45, 7) is 0. The Bertz CT molecular complexity index is 1070. The van der Waals surface area contributed by atoms with Crippen molar-refractivity contribution in [3.05, 3.63) is 89.2 Å². The molecule has 2 aromatic carbocycles. The van der Waals surface area contributed by atoms with Gasteiger partial charge in [-0.25, -0.2) is 14.6 Å². The molecule has 0 radical (unpaired) electrons. The first-order valence-corrected chi connectivity index (χ1v) is 9.38. The normalized spacial score (nSPS) is 10.1. The van der Waals surface area contributed by atoms with E-state index in [0.29, 0.717) is 22.5 Å². The number of rotatable bonds is 6. The van der Waals surface area contributed by atoms with Gasteiger partial charge in [-0.15, -0.1) is 0 Å². The number of methoxy groups -OCH3 is 2. The SMILES string of the molecule is COC(=O)c1ccc(NC(=O)c2cccc(C(=O)Nc3ccc(C(=O)OC)cc3)n2)cc1. The molecule has 0 aliphatic heterocycles. The number of hydrogen-bond donors (Lipinski definition) is 2. The molecule has 1 aromatic heterocycles. The summed E-state index contributed by atoms with van der Waals surface area (Å²) in [4.78, 5) is 52.1. The number of pyridine rings is 1. The molecule has 0 fully saturated rings. The third-order valence-corrected chi connectivity index (χ3v) is 4.34. The Labute approximate surface area is 183 Å². The molecular weight excluding hydrogens is 414 g/mol. The minimum absolute atomic E-state index is 0.0377. The Morgan fingerprint density at radius 1 is 0.625 bits per heavy atom. The summed E-state index contributed by atoms with van der Waals surface area (Å²) in [5.41, 5.74) is 1.67. The lowest BCUT2D eigenvalue weighted by Gasteiger charge is -2.08. The number of nitrogens with one attached hydrogen (secondary N) is 2. The second-order valence-corrected chi connectivity index (χ2v) is 6.45. The van der Waals surface area contributed by atoms with Gasteiger partial charge in [-0.3, -0.25) is 9.59 Å². The molecule has 0 aliphatic rings. The van der Waals surface area contributed by atoms with Gasteiger partial charge in [0.15, 0.2) is 0 Å². The van der Waals surface area contributed by atoms with E-state index in [1.807, 2.05) is 0 Å². The highest BCUT2D eigenvalue weighted by Crippen LogP contribution is 2.14. The van der Waals surface area contributed by atoms with Crippen molar-refractivity contribution in [3.63, 3.8) is 0 Å². The van der Waals surface area contributed by atoms with Crippen molar-refractivity contribution in [2.45, 2.75) is 0 Å². The van der Waals surface area contributed by atoms with Crippen LogP contribution in [0.2, 0.25) is 0 Å². The molecule has 2 amide bonds. The highest BCUT2D eigenvalue weighted by molar-refractivity contribution is 6.06. The van der Waals surface area contributed by atoms with E-state index in [9.17, 15) is 19.2 Å². The fourth-order valence-electron chi connectivity index (χ4n) is 2.69. The molecule has 3 rings (SSSR count). The Hall–Kier alpha value is -4.53. The van der Waals surface area contributed by atoms with E-state index in [2.05, 4.69) is 25.1 Å². The first-order chi connectivity index (χ1) is 15.4. The van der Waals surface area contributed by atoms with Gasteiger partial charge in [-0.1, -0.05) is 6.07 Å². The van der Waals surface area contributed by atoms with Gasteiger partial charge in [0.2, 0.25) is 0 Å². The van der Waals surface area contributed by atoms with E-state index in [1.54, 1.807) is 24.3 Å². The third-order valence-electron chi connectivity index (χ3n) is 4.34. The van der Waals surface area contributed by atoms with Crippen molar-refractivity contribution in [1.82, 2.24) is 4.98 Å². The molecule has 9 heteroatoms. The van der Waals surface area contributed by atoms with Crippen LogP contribution in [0.5, 0.6) is 0 Å². The molecule has 1 heterocycles. The lowest BCUT2D eigenvalue weighted by molar-refractivity contribution is 0.0592. The number of benzene rings is 2. The number of ether oxygens (including phenoxy) is 2. The second kappa shape index (κ2) is 9.98. The Morgan fingerprint density at radius 2 is 1.00 bits per heavy atom. The molecule has 162 valence electrons. The monoisotopic (exact) mass is 433 g/mol. The van der Waals surface area contributed by atoms with Gasteiger partial charge >= 0.3 is 11.9 Å². The van der Waals surface area contributed by atoms with Gasteiger partial charge in [0.05, 0.1) is 25.3 Å². The number of esters is 2. The third kappa shape index (κ3) is 5.33. The highest BCUT2D eigenvalue weighted by Gasteiger charge is 2.14. The van der Waals surface area contributed by atoms with E-state index in [-0.39, 0.29) is 11.4 Å². The van der Waals surface area contributed by atoms with Crippen LogP contribution in [0, 0.1) is 0 Å². The van der Waals surface area contributed by atoms with E-state index in [1.165, 1.54) is 56.7 Å². The zero-order chi connectivity index (χ0) is 23.1. The summed E-state index contributed by atoms with van der Waals surface area (Å²) in [6.07, 6.45) is 0. The Morgan fingerprint density at radius 3 is 1.34 bits per heavy atom. The molecule has 0 saturated carbocycles. The van der Waals surface area contributed by atoms with E-state index < -0.39 is 23.8 Å². The van der Waals surface area contributed by atoms with Gasteiger partial charge in [-0.2, -0.15) is 0 Å². The molecule has 0 saturated heterocycles. The van der Waals surface area contributed by atoms with Gasteiger partial charge in [0, 0.05) is 11.4 Å². The largest absolute Gasteiger partial charge is 0.465 e. The molecule has 0 aliphatic carbocycles. The fraction of sp³-hybridized carbons (Fsp3) is 0.0870. The van der Waals surface area contributed by atoms with E-state index >= 15 is 0 Å². The first kappa shape index (κ1) is 22.2. The summed E-state index contributed by atoms with van der Waals surface area (Å²) in [7, 11) is 2.56. The molecule has 3 aromatic rings. The predicted molar refractivity (Wildman–Crippen MR) is 116 cm³/mol. The minimum Gasteiger partial charge on any atom is -0.465 e. The van der Waals surface area contributed by atoms with Crippen molar-refractivity contribution in [2.24, 2.45) is 0 Å². The summed E-state index contributed by atoms with van der Waals surface area (Å²) in [6, 6.07) is 16.8. The van der Waals surface area contributed by atoms with Crippen LogP contribution >= 0.6 is 0 Å². The van der Waals surface area contributed by atoms with Crippen LogP contribution in [0.3, 0.4) is 0 Å². The van der Waals surface area contributed by atoms with Gasteiger partial charge < -0.3 is 20.1 Å². The minimum atomic E-state index is -0.520. The first-order valence-electron chi connectivity index (χ1n) is 9.38. The van der Waals surface area contributed by atoms with Gasteiger partial charge in [0.25, 0.3) is 11.8 Å². The summed E-state index contributed by atoms with van der Waals surface area (Å²) in [5, 5.41) is 5.30. The zero-order valence-electron chi connectivity index (χ0n) is 17.2. The maximum absolute atomic E-state index is 12.5. The molecule has 0 spiro atoms. The van der Waals surface area contributed by atoms with E-state index in [0.717, 1.165) is 0 Å². The average molecular weight is 433 g/mol. The number of nitrogens with zero attached hydrogens (tertiary/aromatic N) is 1. The lowest BCUT2D eigenvalue weighted by atomic mass is 10.2. The lowest BCUT2D eigenvalue weighted by Crippen LogP contribution is -2.18. The Kier molecular flexibility index (Phi) is 6.92. The highest BCUT2D eigenvalue weighted by atomic mass is 16.5. The van der Waals surface area contributed by atoms with Gasteiger partial charge in [0.1, 0.15) is 11.4 Å². The quantitative estimate of drug-likeness (QED) is 0.572. The molecule has 32 heavy (non-hydrogen) atoms. The van der Waals surface area contributed by atoms with Crippen molar-refractivity contribution < 1.29 is 28.7 Å². The molecule has 0 bridgehead atoms. The van der Waals surface area contributed by atoms with E-state index in [4.69, 9.17) is 0 Å². The Balaban J connectivity index is 1.67. The second-order valence-electron chi connectivity index (χ2n) is 6.45. The summed E-state index contributed by atoms with van der Waals surface area (Å²) < 4.78 is 9.26. The predicted octanol–water partition coefficient (Wildman–Crippen LogP) is 3.16. The van der Waals surface area contributed by atoms with Crippen LogP contribution in [-0.4, -0.2) is 43.0 Å². The van der Waals surface area contributed by atoms with Crippen molar-refractivity contribution >= 4 is 35.1 Å². The van der Waals surface area contributed by atoms with Crippen LogP contribution in [0.4, 0.5) is 11.4 Å². The van der Waals surface area contributed by atoms with Crippen LogP contribution in [0.15, 0.2) is 66.7 Å². The van der Waals surface area contributed by atoms with Crippen molar-refractivity contribution in [1.29, 1.82) is 0 Å². The van der Waals surface area contributed by atoms with Crippen molar-refractivity contribution in [2.75, 3.05) is 24.9 Å². The molecular formula is C23H19N3O6.